The van der Waals surface area contributed by atoms with Crippen molar-refractivity contribution in [2.45, 2.75) is 25.3 Å². The largest absolute Gasteiger partial charge is 0.394 e. The number of aliphatic hydroxyl groups is 1. The maximum atomic E-state index is 12.1. The van der Waals surface area contributed by atoms with Crippen LogP contribution in [0.4, 0.5) is 0 Å². The van der Waals surface area contributed by atoms with Crippen molar-refractivity contribution in [2.24, 2.45) is 0 Å². The molecule has 92 valence electrons. The van der Waals surface area contributed by atoms with Crippen molar-refractivity contribution in [3.63, 3.8) is 0 Å². The molecule has 0 bridgehead atoms. The van der Waals surface area contributed by atoms with Crippen molar-refractivity contribution < 1.29 is 9.90 Å². The van der Waals surface area contributed by atoms with Gasteiger partial charge in [-0.3, -0.25) is 4.79 Å². The van der Waals surface area contributed by atoms with Gasteiger partial charge in [0.25, 0.3) is 0 Å². The number of carbonyl (C=O) groups excluding carboxylic acids is 1. The first-order valence-corrected chi connectivity index (χ1v) is 6.23. The third kappa shape index (κ3) is 2.99. The second-order valence-corrected chi connectivity index (χ2v) is 4.81. The lowest BCUT2D eigenvalue weighted by atomic mass is 10.1. The lowest BCUT2D eigenvalue weighted by molar-refractivity contribution is -0.131. The van der Waals surface area contributed by atoms with E-state index in [0.717, 1.165) is 24.9 Å². The molecule has 1 aliphatic heterocycles. The highest BCUT2D eigenvalue weighted by molar-refractivity contribution is 6.30. The van der Waals surface area contributed by atoms with E-state index in [9.17, 15) is 9.90 Å². The van der Waals surface area contributed by atoms with E-state index in [2.05, 4.69) is 0 Å². The Bertz CT molecular complexity index is 391. The van der Waals surface area contributed by atoms with Crippen molar-refractivity contribution in [3.05, 3.63) is 34.9 Å². The van der Waals surface area contributed by atoms with Crippen LogP contribution in [0.2, 0.25) is 5.02 Å². The van der Waals surface area contributed by atoms with Crippen LogP contribution >= 0.6 is 11.6 Å². The SMILES string of the molecule is O=C(Cc1ccc(Cl)cc1)N1CCCC1CO. The second-order valence-electron chi connectivity index (χ2n) is 4.37. The lowest BCUT2D eigenvalue weighted by Crippen LogP contribution is -2.38. The summed E-state index contributed by atoms with van der Waals surface area (Å²) in [6.45, 7) is 0.823. The number of benzene rings is 1. The molecule has 0 saturated carbocycles. The molecule has 2 rings (SSSR count). The molecule has 1 N–H and O–H groups in total. The van der Waals surface area contributed by atoms with Gasteiger partial charge in [0.05, 0.1) is 19.1 Å². The second kappa shape index (κ2) is 5.52. The van der Waals surface area contributed by atoms with E-state index in [1.807, 2.05) is 12.1 Å². The Morgan fingerprint density at radius 3 is 2.76 bits per heavy atom. The predicted molar refractivity (Wildman–Crippen MR) is 67.0 cm³/mol. The van der Waals surface area contributed by atoms with Crippen LogP contribution < -0.4 is 0 Å². The fourth-order valence-corrected chi connectivity index (χ4v) is 2.36. The first-order chi connectivity index (χ1) is 8.20. The zero-order valence-electron chi connectivity index (χ0n) is 9.60. The summed E-state index contributed by atoms with van der Waals surface area (Å²) in [5, 5.41) is 9.85. The molecule has 1 amide bonds. The van der Waals surface area contributed by atoms with E-state index in [4.69, 9.17) is 11.6 Å². The first kappa shape index (κ1) is 12.4. The highest BCUT2D eigenvalue weighted by Gasteiger charge is 2.27. The maximum Gasteiger partial charge on any atom is 0.227 e. The molecule has 4 heteroatoms. The standard InChI is InChI=1S/C13H16ClNO2/c14-11-5-3-10(4-6-11)8-13(17)15-7-1-2-12(15)9-16/h3-6,12,16H,1-2,7-9H2. The van der Waals surface area contributed by atoms with Crippen LogP contribution in [0.5, 0.6) is 0 Å². The molecule has 0 radical (unpaired) electrons. The van der Waals surface area contributed by atoms with Gasteiger partial charge >= 0.3 is 0 Å². The van der Waals surface area contributed by atoms with Gasteiger partial charge in [-0.2, -0.15) is 0 Å². The third-order valence-corrected chi connectivity index (χ3v) is 3.43. The topological polar surface area (TPSA) is 40.5 Å². The number of amides is 1. The number of carbonyl (C=O) groups is 1. The van der Waals surface area contributed by atoms with E-state index in [1.54, 1.807) is 17.0 Å². The smallest absolute Gasteiger partial charge is 0.227 e. The summed E-state index contributed by atoms with van der Waals surface area (Å²) in [4.78, 5) is 13.8. The Morgan fingerprint density at radius 1 is 1.41 bits per heavy atom. The normalized spacial score (nSPS) is 19.6. The molecule has 1 saturated heterocycles. The molecule has 1 atom stereocenters. The van der Waals surface area contributed by atoms with E-state index in [1.165, 1.54) is 0 Å². The molecule has 3 nitrogen and oxygen atoms in total. The number of nitrogens with zero attached hydrogens (tertiary/aromatic N) is 1. The number of halogens is 1. The van der Waals surface area contributed by atoms with Gasteiger partial charge in [-0.1, -0.05) is 23.7 Å². The number of hydrogen-bond acceptors (Lipinski definition) is 2. The van der Waals surface area contributed by atoms with Crippen LogP contribution in [0.1, 0.15) is 18.4 Å². The molecular formula is C13H16ClNO2. The summed E-state index contributed by atoms with van der Waals surface area (Å²) in [6.07, 6.45) is 2.27. The fourth-order valence-electron chi connectivity index (χ4n) is 2.23. The summed E-state index contributed by atoms with van der Waals surface area (Å²) < 4.78 is 0. The highest BCUT2D eigenvalue weighted by atomic mass is 35.5. The Kier molecular flexibility index (Phi) is 4.02. The quantitative estimate of drug-likeness (QED) is 0.893. The van der Waals surface area contributed by atoms with E-state index >= 15 is 0 Å². The Balaban J connectivity index is 1.99. The minimum absolute atomic E-state index is 0.00907. The van der Waals surface area contributed by atoms with Crippen molar-refractivity contribution in [1.29, 1.82) is 0 Å². The minimum atomic E-state index is 0.00907. The molecule has 0 spiro atoms. The van der Waals surface area contributed by atoms with Gasteiger partial charge in [-0.25, -0.2) is 0 Å². The fraction of sp³-hybridized carbons (Fsp3) is 0.462. The van der Waals surface area contributed by atoms with Crippen molar-refractivity contribution >= 4 is 17.5 Å². The number of aliphatic hydroxyl groups excluding tert-OH is 1. The minimum Gasteiger partial charge on any atom is -0.394 e. The van der Waals surface area contributed by atoms with E-state index in [-0.39, 0.29) is 18.6 Å². The van der Waals surface area contributed by atoms with Crippen molar-refractivity contribution in [2.75, 3.05) is 13.2 Å². The summed E-state index contributed by atoms with van der Waals surface area (Å²) in [5.74, 6) is 0.0869. The molecule has 1 fully saturated rings. The summed E-state index contributed by atoms with van der Waals surface area (Å²) >= 11 is 5.79. The average molecular weight is 254 g/mol. The van der Waals surface area contributed by atoms with Gasteiger partial charge in [0.1, 0.15) is 0 Å². The van der Waals surface area contributed by atoms with Gasteiger partial charge in [-0.15, -0.1) is 0 Å². The molecule has 17 heavy (non-hydrogen) atoms. The van der Waals surface area contributed by atoms with Crippen LogP contribution in [0.15, 0.2) is 24.3 Å². The molecule has 0 aliphatic carbocycles. The number of hydrogen-bond donors (Lipinski definition) is 1. The van der Waals surface area contributed by atoms with Gasteiger partial charge in [0.15, 0.2) is 0 Å². The Labute approximate surface area is 106 Å². The van der Waals surface area contributed by atoms with Gasteiger partial charge in [-0.05, 0) is 30.5 Å². The predicted octanol–water partition coefficient (Wildman–Crippen LogP) is 1.87. The first-order valence-electron chi connectivity index (χ1n) is 5.85. The Morgan fingerprint density at radius 2 is 2.12 bits per heavy atom. The maximum absolute atomic E-state index is 12.1. The van der Waals surface area contributed by atoms with Gasteiger partial charge in [0, 0.05) is 11.6 Å². The van der Waals surface area contributed by atoms with Crippen molar-refractivity contribution in [3.8, 4) is 0 Å². The molecule has 1 unspecified atom stereocenters. The Hall–Kier alpha value is -1.06. The van der Waals surface area contributed by atoms with Crippen LogP contribution in [0.25, 0.3) is 0 Å². The summed E-state index contributed by atoms with van der Waals surface area (Å²) in [6, 6.07) is 7.32. The lowest BCUT2D eigenvalue weighted by Gasteiger charge is -2.23. The molecule has 1 aromatic carbocycles. The monoisotopic (exact) mass is 253 g/mol. The van der Waals surface area contributed by atoms with Crippen molar-refractivity contribution in [1.82, 2.24) is 4.90 Å². The molecule has 1 aromatic rings. The molecule has 1 heterocycles. The summed E-state index contributed by atoms with van der Waals surface area (Å²) in [7, 11) is 0. The number of likely N-dealkylation sites (tertiary alicyclic amines) is 1. The van der Waals surface area contributed by atoms with Crippen LogP contribution in [-0.2, 0) is 11.2 Å². The van der Waals surface area contributed by atoms with Gasteiger partial charge < -0.3 is 10.0 Å². The highest BCUT2D eigenvalue weighted by Crippen LogP contribution is 2.18. The van der Waals surface area contributed by atoms with E-state index < -0.39 is 0 Å². The van der Waals surface area contributed by atoms with Crippen LogP contribution in [0, 0.1) is 0 Å². The zero-order valence-corrected chi connectivity index (χ0v) is 10.4. The third-order valence-electron chi connectivity index (χ3n) is 3.18. The van der Waals surface area contributed by atoms with Gasteiger partial charge in [0.2, 0.25) is 5.91 Å². The average Bonchev–Trinajstić information content (AvgIpc) is 2.80. The van der Waals surface area contributed by atoms with Crippen LogP contribution in [-0.4, -0.2) is 35.1 Å². The molecular weight excluding hydrogens is 238 g/mol. The molecule has 0 aromatic heterocycles. The van der Waals surface area contributed by atoms with Crippen LogP contribution in [0.3, 0.4) is 0 Å². The van der Waals surface area contributed by atoms with E-state index in [0.29, 0.717) is 11.4 Å². The number of rotatable bonds is 3. The summed E-state index contributed by atoms with van der Waals surface area (Å²) in [5.41, 5.74) is 0.961. The zero-order chi connectivity index (χ0) is 12.3. The molecule has 1 aliphatic rings.